The lowest BCUT2D eigenvalue weighted by Crippen LogP contribution is -2.31. The number of carbonyl (C=O) groups excluding carboxylic acids is 1. The van der Waals surface area contributed by atoms with E-state index in [0.29, 0.717) is 0 Å². The van der Waals surface area contributed by atoms with Crippen molar-refractivity contribution in [3.8, 4) is 0 Å². The Morgan fingerprint density at radius 1 is 1.11 bits per heavy atom. The van der Waals surface area contributed by atoms with Crippen LogP contribution in [-0.4, -0.2) is 13.1 Å². The van der Waals surface area contributed by atoms with Gasteiger partial charge in [-0.05, 0) is 42.9 Å². The molecule has 0 N–H and O–H groups in total. The number of esters is 1. The van der Waals surface area contributed by atoms with Crippen molar-refractivity contribution in [1.29, 1.82) is 0 Å². The van der Waals surface area contributed by atoms with E-state index in [2.05, 4.69) is 39.8 Å². The molecule has 0 aliphatic rings. The van der Waals surface area contributed by atoms with Crippen LogP contribution in [0.15, 0.2) is 18.2 Å². The molecule has 0 saturated carbocycles. The molecule has 100 valence electrons. The van der Waals surface area contributed by atoms with Crippen molar-refractivity contribution in [1.82, 2.24) is 0 Å². The Balaban J connectivity index is 3.26. The molecule has 0 bridgehead atoms. The largest absolute Gasteiger partial charge is 0.468 e. The Bertz CT molecular complexity index is 451. The van der Waals surface area contributed by atoms with Gasteiger partial charge in [-0.15, -0.1) is 0 Å². The van der Waals surface area contributed by atoms with Crippen molar-refractivity contribution in [2.75, 3.05) is 7.11 Å². The SMILES string of the molecule is COC(=O)C(C)(C)c1ccc(C(C)(C)C)cc1C. The minimum absolute atomic E-state index is 0.124. The Kier molecular flexibility index (Phi) is 3.89. The van der Waals surface area contributed by atoms with Crippen molar-refractivity contribution < 1.29 is 9.53 Å². The van der Waals surface area contributed by atoms with Crippen LogP contribution in [0, 0.1) is 6.92 Å². The van der Waals surface area contributed by atoms with Gasteiger partial charge in [-0.25, -0.2) is 0 Å². The number of aryl methyl sites for hydroxylation is 1. The minimum Gasteiger partial charge on any atom is -0.468 e. The summed E-state index contributed by atoms with van der Waals surface area (Å²) < 4.78 is 4.88. The Hall–Kier alpha value is -1.31. The van der Waals surface area contributed by atoms with Gasteiger partial charge in [-0.2, -0.15) is 0 Å². The van der Waals surface area contributed by atoms with Crippen molar-refractivity contribution in [2.24, 2.45) is 0 Å². The van der Waals surface area contributed by atoms with Crippen LogP contribution in [0.1, 0.15) is 51.3 Å². The summed E-state index contributed by atoms with van der Waals surface area (Å²) in [7, 11) is 1.43. The van der Waals surface area contributed by atoms with E-state index in [1.807, 2.05) is 19.9 Å². The van der Waals surface area contributed by atoms with Gasteiger partial charge in [0, 0.05) is 0 Å². The van der Waals surface area contributed by atoms with Crippen LogP contribution < -0.4 is 0 Å². The first-order valence-electron chi connectivity index (χ1n) is 6.30. The minimum atomic E-state index is -0.602. The third-order valence-corrected chi connectivity index (χ3v) is 3.46. The average molecular weight is 248 g/mol. The quantitative estimate of drug-likeness (QED) is 0.745. The molecule has 1 aromatic carbocycles. The van der Waals surface area contributed by atoms with Gasteiger partial charge in [-0.1, -0.05) is 39.0 Å². The fourth-order valence-electron chi connectivity index (χ4n) is 2.20. The van der Waals surface area contributed by atoms with Crippen LogP contribution in [0.4, 0.5) is 0 Å². The molecule has 0 fully saturated rings. The van der Waals surface area contributed by atoms with Gasteiger partial charge in [-0.3, -0.25) is 4.79 Å². The third kappa shape index (κ3) is 2.74. The molecular weight excluding hydrogens is 224 g/mol. The van der Waals surface area contributed by atoms with Gasteiger partial charge in [0.2, 0.25) is 0 Å². The predicted octanol–water partition coefficient (Wildman–Crippen LogP) is 3.74. The zero-order valence-corrected chi connectivity index (χ0v) is 12.5. The number of ether oxygens (including phenoxy) is 1. The second kappa shape index (κ2) is 4.75. The summed E-state index contributed by atoms with van der Waals surface area (Å²) >= 11 is 0. The molecule has 0 radical (unpaired) electrons. The van der Waals surface area contributed by atoms with Gasteiger partial charge in [0.25, 0.3) is 0 Å². The summed E-state index contributed by atoms with van der Waals surface area (Å²) in [5.41, 5.74) is 2.97. The summed E-state index contributed by atoms with van der Waals surface area (Å²) in [5.74, 6) is -0.200. The Morgan fingerprint density at radius 3 is 2.06 bits per heavy atom. The first-order valence-corrected chi connectivity index (χ1v) is 6.30. The first kappa shape index (κ1) is 14.7. The van der Waals surface area contributed by atoms with Gasteiger partial charge in [0.15, 0.2) is 0 Å². The fraction of sp³-hybridized carbons (Fsp3) is 0.562. The molecule has 2 nitrogen and oxygen atoms in total. The molecule has 0 saturated heterocycles. The van der Waals surface area contributed by atoms with Crippen molar-refractivity contribution >= 4 is 5.97 Å². The predicted molar refractivity (Wildman–Crippen MR) is 74.9 cm³/mol. The molecule has 1 aromatic rings. The molecule has 0 aliphatic carbocycles. The topological polar surface area (TPSA) is 26.3 Å². The molecule has 1 rings (SSSR count). The van der Waals surface area contributed by atoms with E-state index >= 15 is 0 Å². The maximum Gasteiger partial charge on any atom is 0.315 e. The van der Waals surface area contributed by atoms with E-state index in [1.54, 1.807) is 0 Å². The van der Waals surface area contributed by atoms with E-state index < -0.39 is 5.41 Å². The molecule has 0 spiro atoms. The van der Waals surface area contributed by atoms with Crippen LogP contribution >= 0.6 is 0 Å². The molecule has 0 amide bonds. The third-order valence-electron chi connectivity index (χ3n) is 3.46. The van der Waals surface area contributed by atoms with Crippen LogP contribution in [0.5, 0.6) is 0 Å². The summed E-state index contributed by atoms with van der Waals surface area (Å²) in [6.45, 7) is 12.4. The molecule has 0 heterocycles. The average Bonchev–Trinajstić information content (AvgIpc) is 2.26. The van der Waals surface area contributed by atoms with Gasteiger partial charge < -0.3 is 4.74 Å². The lowest BCUT2D eigenvalue weighted by molar-refractivity contribution is -0.146. The standard InChI is InChI=1S/C16H24O2/c1-11-10-12(15(2,3)4)8-9-13(11)16(5,6)14(17)18-7/h8-10H,1-7H3. The van der Waals surface area contributed by atoms with E-state index in [0.717, 1.165) is 11.1 Å². The smallest absolute Gasteiger partial charge is 0.315 e. The molecule has 0 aliphatic heterocycles. The van der Waals surface area contributed by atoms with Gasteiger partial charge >= 0.3 is 5.97 Å². The second-order valence-electron chi connectivity index (χ2n) is 6.40. The van der Waals surface area contributed by atoms with Gasteiger partial charge in [0.05, 0.1) is 12.5 Å². The molecule has 0 unspecified atom stereocenters. The molecule has 2 heteroatoms. The molecular formula is C16H24O2. The van der Waals surface area contributed by atoms with Crippen LogP contribution in [0.2, 0.25) is 0 Å². The highest BCUT2D eigenvalue weighted by molar-refractivity contribution is 5.82. The number of hydrogen-bond donors (Lipinski definition) is 0. The van der Waals surface area contributed by atoms with Crippen molar-refractivity contribution in [2.45, 2.75) is 52.4 Å². The number of hydrogen-bond acceptors (Lipinski definition) is 2. The zero-order chi connectivity index (χ0) is 14.1. The summed E-state index contributed by atoms with van der Waals surface area (Å²) in [5, 5.41) is 0. The maximum absolute atomic E-state index is 11.8. The lowest BCUT2D eigenvalue weighted by Gasteiger charge is -2.26. The normalized spacial score (nSPS) is 12.4. The highest BCUT2D eigenvalue weighted by Gasteiger charge is 2.32. The summed E-state index contributed by atoms with van der Waals surface area (Å²) in [4.78, 5) is 11.8. The fourth-order valence-corrected chi connectivity index (χ4v) is 2.20. The van der Waals surface area contributed by atoms with Crippen molar-refractivity contribution in [3.63, 3.8) is 0 Å². The molecule has 18 heavy (non-hydrogen) atoms. The number of carbonyl (C=O) groups is 1. The van der Waals surface area contributed by atoms with E-state index in [4.69, 9.17) is 4.74 Å². The Morgan fingerprint density at radius 2 is 1.67 bits per heavy atom. The summed E-state index contributed by atoms with van der Waals surface area (Å²) in [6, 6.07) is 6.32. The van der Waals surface area contributed by atoms with Crippen LogP contribution in [0.3, 0.4) is 0 Å². The van der Waals surface area contributed by atoms with E-state index in [1.165, 1.54) is 12.7 Å². The highest BCUT2D eigenvalue weighted by atomic mass is 16.5. The maximum atomic E-state index is 11.8. The monoisotopic (exact) mass is 248 g/mol. The number of benzene rings is 1. The summed E-state index contributed by atoms with van der Waals surface area (Å²) in [6.07, 6.45) is 0. The number of rotatable bonds is 2. The first-order chi connectivity index (χ1) is 8.10. The van der Waals surface area contributed by atoms with E-state index in [9.17, 15) is 4.79 Å². The van der Waals surface area contributed by atoms with E-state index in [-0.39, 0.29) is 11.4 Å². The molecule has 0 atom stereocenters. The van der Waals surface area contributed by atoms with Crippen molar-refractivity contribution in [3.05, 3.63) is 34.9 Å². The molecule has 0 aromatic heterocycles. The number of methoxy groups -OCH3 is 1. The zero-order valence-electron chi connectivity index (χ0n) is 12.5. The lowest BCUT2D eigenvalue weighted by atomic mass is 9.78. The van der Waals surface area contributed by atoms with Crippen LogP contribution in [0.25, 0.3) is 0 Å². The highest BCUT2D eigenvalue weighted by Crippen LogP contribution is 2.31. The second-order valence-corrected chi connectivity index (χ2v) is 6.40. The van der Waals surface area contributed by atoms with Gasteiger partial charge in [0.1, 0.15) is 0 Å². The van der Waals surface area contributed by atoms with Crippen LogP contribution in [-0.2, 0) is 20.4 Å². The Labute approximate surface area is 110 Å².